The molecule has 0 fully saturated rings. The number of imide groups is 1. The van der Waals surface area contributed by atoms with Crippen molar-refractivity contribution < 1.29 is 28.7 Å². The largest absolute Gasteiger partial charge is 0.493 e. The number of methoxy groups -OCH3 is 2. The first-order valence-electron chi connectivity index (χ1n) is 9.69. The maximum Gasteiger partial charge on any atom is 0.261 e. The quantitative estimate of drug-likeness (QED) is 0.625. The summed E-state index contributed by atoms with van der Waals surface area (Å²) >= 11 is 0. The summed E-state index contributed by atoms with van der Waals surface area (Å²) in [6, 6.07) is 7.08. The van der Waals surface area contributed by atoms with Crippen LogP contribution in [0.1, 0.15) is 61.2 Å². The number of rotatable bonds is 8. The minimum absolute atomic E-state index is 0.0316. The van der Waals surface area contributed by atoms with E-state index in [0.29, 0.717) is 18.7 Å². The van der Waals surface area contributed by atoms with Crippen LogP contribution in [0.4, 0.5) is 5.69 Å². The molecule has 2 aromatic rings. The Morgan fingerprint density at radius 1 is 1.00 bits per heavy atom. The van der Waals surface area contributed by atoms with Gasteiger partial charge in [-0.25, -0.2) is 0 Å². The van der Waals surface area contributed by atoms with Gasteiger partial charge >= 0.3 is 0 Å². The van der Waals surface area contributed by atoms with Crippen LogP contribution in [-0.2, 0) is 0 Å². The topological polar surface area (TPSA) is 128 Å². The van der Waals surface area contributed by atoms with E-state index in [4.69, 9.17) is 15.2 Å². The number of nitrogens with zero attached hydrogens (tertiary/aromatic N) is 1. The number of fused-ring (bicyclic) bond motifs is 1. The molecular weight excluding hydrogens is 402 g/mol. The molecular formula is C22H23N3O6. The number of anilines is 1. The average molecular weight is 425 g/mol. The number of hydrogen-bond donors (Lipinski definition) is 2. The van der Waals surface area contributed by atoms with Crippen molar-refractivity contribution in [1.29, 1.82) is 0 Å². The molecule has 0 aliphatic carbocycles. The molecule has 162 valence electrons. The maximum absolute atomic E-state index is 12.8. The van der Waals surface area contributed by atoms with E-state index in [2.05, 4.69) is 5.32 Å². The van der Waals surface area contributed by atoms with E-state index in [1.165, 1.54) is 49.5 Å². The van der Waals surface area contributed by atoms with E-state index in [-0.39, 0.29) is 39.6 Å². The summed E-state index contributed by atoms with van der Waals surface area (Å²) in [6.45, 7) is 2.30. The summed E-state index contributed by atoms with van der Waals surface area (Å²) in [6.07, 6.45) is 1.54. The average Bonchev–Trinajstić information content (AvgIpc) is 3.00. The third kappa shape index (κ3) is 4.07. The van der Waals surface area contributed by atoms with Gasteiger partial charge in [-0.05, 0) is 30.7 Å². The first-order chi connectivity index (χ1) is 14.8. The second kappa shape index (κ2) is 8.86. The smallest absolute Gasteiger partial charge is 0.261 e. The molecule has 0 unspecified atom stereocenters. The Bertz CT molecular complexity index is 1080. The highest BCUT2D eigenvalue weighted by Gasteiger charge is 2.35. The molecule has 31 heavy (non-hydrogen) atoms. The zero-order chi connectivity index (χ0) is 22.7. The summed E-state index contributed by atoms with van der Waals surface area (Å²) in [5.74, 6) is -1.56. The van der Waals surface area contributed by atoms with Crippen LogP contribution in [0.3, 0.4) is 0 Å². The Hall–Kier alpha value is -3.88. The Morgan fingerprint density at radius 3 is 2.26 bits per heavy atom. The van der Waals surface area contributed by atoms with E-state index in [9.17, 15) is 19.2 Å². The molecule has 9 nitrogen and oxygen atoms in total. The lowest BCUT2D eigenvalue weighted by Crippen LogP contribution is -2.30. The van der Waals surface area contributed by atoms with Crippen LogP contribution in [0.5, 0.6) is 11.5 Å². The first kappa shape index (κ1) is 21.8. The zero-order valence-corrected chi connectivity index (χ0v) is 17.5. The fourth-order valence-electron chi connectivity index (χ4n) is 3.33. The maximum atomic E-state index is 12.8. The molecule has 0 saturated heterocycles. The van der Waals surface area contributed by atoms with Crippen molar-refractivity contribution in [3.8, 4) is 11.5 Å². The van der Waals surface area contributed by atoms with Gasteiger partial charge in [0.05, 0.1) is 36.6 Å². The Morgan fingerprint density at radius 2 is 1.65 bits per heavy atom. The first-order valence-corrected chi connectivity index (χ1v) is 9.69. The van der Waals surface area contributed by atoms with Crippen LogP contribution >= 0.6 is 0 Å². The van der Waals surface area contributed by atoms with Gasteiger partial charge in [0.25, 0.3) is 23.6 Å². The van der Waals surface area contributed by atoms with Gasteiger partial charge in [-0.1, -0.05) is 13.3 Å². The SMILES string of the molecule is CCCCN1C(=O)c2ccc(C(=O)Nc3cc(OC)c(OC)cc3C(N)=O)cc2C1=O. The number of carbonyl (C=O) groups is 4. The summed E-state index contributed by atoms with van der Waals surface area (Å²) in [5, 5.41) is 2.61. The molecule has 0 saturated carbocycles. The van der Waals surface area contributed by atoms with Crippen molar-refractivity contribution in [1.82, 2.24) is 4.90 Å². The third-order valence-corrected chi connectivity index (χ3v) is 5.01. The van der Waals surface area contributed by atoms with Crippen LogP contribution < -0.4 is 20.5 Å². The number of hydrogen-bond acceptors (Lipinski definition) is 6. The van der Waals surface area contributed by atoms with E-state index in [1.807, 2.05) is 6.92 Å². The zero-order valence-electron chi connectivity index (χ0n) is 17.5. The van der Waals surface area contributed by atoms with E-state index < -0.39 is 17.7 Å². The van der Waals surface area contributed by atoms with Crippen LogP contribution in [0.2, 0.25) is 0 Å². The fraction of sp³-hybridized carbons (Fsp3) is 0.273. The number of ether oxygens (including phenoxy) is 2. The predicted molar refractivity (Wildman–Crippen MR) is 113 cm³/mol. The molecule has 0 aromatic heterocycles. The predicted octanol–water partition coefficient (Wildman–Crippen LogP) is 2.45. The van der Waals surface area contributed by atoms with Crippen LogP contribution in [0, 0.1) is 0 Å². The minimum atomic E-state index is -0.766. The molecule has 0 bridgehead atoms. The Balaban J connectivity index is 1.91. The molecule has 0 atom stereocenters. The Labute approximate surface area is 179 Å². The lowest BCUT2D eigenvalue weighted by molar-refractivity contribution is 0.0651. The van der Waals surface area contributed by atoms with Gasteiger partial charge in [-0.3, -0.25) is 24.1 Å². The lowest BCUT2D eigenvalue weighted by atomic mass is 10.0. The number of benzene rings is 2. The second-order valence-corrected chi connectivity index (χ2v) is 6.95. The number of unbranched alkanes of at least 4 members (excludes halogenated alkanes) is 1. The van der Waals surface area contributed by atoms with Gasteiger partial charge in [0.1, 0.15) is 0 Å². The van der Waals surface area contributed by atoms with Gasteiger partial charge in [0, 0.05) is 18.2 Å². The molecule has 9 heteroatoms. The highest BCUT2D eigenvalue weighted by molar-refractivity contribution is 6.22. The minimum Gasteiger partial charge on any atom is -0.493 e. The van der Waals surface area contributed by atoms with E-state index in [0.717, 1.165) is 6.42 Å². The third-order valence-electron chi connectivity index (χ3n) is 5.01. The Kier molecular flexibility index (Phi) is 6.24. The van der Waals surface area contributed by atoms with Crippen molar-refractivity contribution in [3.05, 3.63) is 52.6 Å². The fourth-order valence-corrected chi connectivity index (χ4v) is 3.33. The van der Waals surface area contributed by atoms with Gasteiger partial charge in [0.2, 0.25) is 0 Å². The lowest BCUT2D eigenvalue weighted by Gasteiger charge is -2.14. The number of carbonyl (C=O) groups excluding carboxylic acids is 4. The van der Waals surface area contributed by atoms with Gasteiger partial charge in [0.15, 0.2) is 11.5 Å². The van der Waals surface area contributed by atoms with Crippen molar-refractivity contribution in [2.75, 3.05) is 26.1 Å². The molecule has 3 rings (SSSR count). The van der Waals surface area contributed by atoms with Gasteiger partial charge in [-0.15, -0.1) is 0 Å². The standard InChI is InChI=1S/C22H23N3O6/c1-4-5-8-25-21(28)13-7-6-12(9-14(13)22(25)29)20(27)24-16-11-18(31-3)17(30-2)10-15(16)19(23)26/h6-7,9-11H,4-5,8H2,1-3H3,(H2,23,26)(H,24,27). The van der Waals surface area contributed by atoms with E-state index >= 15 is 0 Å². The normalized spacial score (nSPS) is 12.5. The summed E-state index contributed by atoms with van der Waals surface area (Å²) in [7, 11) is 2.83. The van der Waals surface area contributed by atoms with Gasteiger partial charge < -0.3 is 20.5 Å². The molecule has 1 heterocycles. The molecule has 3 N–H and O–H groups in total. The highest BCUT2D eigenvalue weighted by Crippen LogP contribution is 2.33. The number of amides is 4. The summed E-state index contributed by atoms with van der Waals surface area (Å²) in [4.78, 5) is 51.0. The number of primary amides is 1. The molecule has 0 spiro atoms. The molecule has 2 aromatic carbocycles. The van der Waals surface area contributed by atoms with Gasteiger partial charge in [-0.2, -0.15) is 0 Å². The molecule has 0 radical (unpaired) electrons. The van der Waals surface area contributed by atoms with Crippen LogP contribution in [-0.4, -0.2) is 49.3 Å². The number of nitrogens with two attached hydrogens (primary N) is 1. The second-order valence-electron chi connectivity index (χ2n) is 6.95. The monoisotopic (exact) mass is 425 g/mol. The summed E-state index contributed by atoms with van der Waals surface area (Å²) in [5.41, 5.74) is 6.19. The summed E-state index contributed by atoms with van der Waals surface area (Å²) < 4.78 is 10.4. The van der Waals surface area contributed by atoms with Crippen molar-refractivity contribution in [3.63, 3.8) is 0 Å². The van der Waals surface area contributed by atoms with Crippen LogP contribution in [0.15, 0.2) is 30.3 Å². The van der Waals surface area contributed by atoms with Crippen molar-refractivity contribution in [2.45, 2.75) is 19.8 Å². The highest BCUT2D eigenvalue weighted by atomic mass is 16.5. The van der Waals surface area contributed by atoms with Crippen molar-refractivity contribution >= 4 is 29.3 Å². The number of nitrogens with one attached hydrogen (secondary N) is 1. The molecule has 1 aliphatic heterocycles. The molecule has 4 amide bonds. The van der Waals surface area contributed by atoms with E-state index in [1.54, 1.807) is 0 Å². The van der Waals surface area contributed by atoms with Crippen molar-refractivity contribution in [2.24, 2.45) is 5.73 Å². The van der Waals surface area contributed by atoms with Crippen LogP contribution in [0.25, 0.3) is 0 Å². The molecule has 1 aliphatic rings.